The third-order valence-corrected chi connectivity index (χ3v) is 3.65. The number of hydrogen-bond acceptors (Lipinski definition) is 3. The molecule has 0 fully saturated rings. The quantitative estimate of drug-likeness (QED) is 0.654. The lowest BCUT2D eigenvalue weighted by atomic mass is 9.98. The van der Waals surface area contributed by atoms with Crippen molar-refractivity contribution in [2.24, 2.45) is 5.92 Å². The van der Waals surface area contributed by atoms with Gasteiger partial charge in [0, 0.05) is 12.5 Å². The van der Waals surface area contributed by atoms with Crippen LogP contribution >= 0.6 is 0 Å². The van der Waals surface area contributed by atoms with Crippen LogP contribution in [0, 0.1) is 11.7 Å². The maximum absolute atomic E-state index is 13.7. The van der Waals surface area contributed by atoms with Crippen LogP contribution in [-0.2, 0) is 0 Å². The molecule has 1 unspecified atom stereocenters. The SMILES string of the molecule is CCN(CCCN(C)C)CC(C)C(=O)c1ccccc1F. The lowest BCUT2D eigenvalue weighted by Crippen LogP contribution is -2.34. The summed E-state index contributed by atoms with van der Waals surface area (Å²) in [6, 6.07) is 6.22. The highest BCUT2D eigenvalue weighted by Crippen LogP contribution is 2.14. The number of nitrogens with zero attached hydrogens (tertiary/aromatic N) is 2. The van der Waals surface area contributed by atoms with Crippen LogP contribution in [0.15, 0.2) is 24.3 Å². The summed E-state index contributed by atoms with van der Waals surface area (Å²) < 4.78 is 13.7. The standard InChI is InChI=1S/C17H27FN2O/c1-5-20(12-8-11-19(3)4)13-14(2)17(21)15-9-6-7-10-16(15)18/h6-7,9-10,14H,5,8,11-13H2,1-4H3. The number of carbonyl (C=O) groups excluding carboxylic acids is 1. The molecule has 0 amide bonds. The van der Waals surface area contributed by atoms with Crippen LogP contribution in [0.5, 0.6) is 0 Å². The summed E-state index contributed by atoms with van der Waals surface area (Å²) in [5, 5.41) is 0. The van der Waals surface area contributed by atoms with Crippen LogP contribution in [0.1, 0.15) is 30.6 Å². The predicted octanol–water partition coefficient (Wildman–Crippen LogP) is 2.92. The molecule has 0 heterocycles. The van der Waals surface area contributed by atoms with Gasteiger partial charge in [-0.2, -0.15) is 0 Å². The molecule has 0 N–H and O–H groups in total. The van der Waals surface area contributed by atoms with E-state index in [0.717, 1.165) is 26.1 Å². The molecule has 3 nitrogen and oxygen atoms in total. The minimum Gasteiger partial charge on any atom is -0.309 e. The molecule has 0 saturated carbocycles. The normalized spacial score (nSPS) is 12.9. The van der Waals surface area contributed by atoms with E-state index in [9.17, 15) is 9.18 Å². The minimum absolute atomic E-state index is 0.112. The van der Waals surface area contributed by atoms with Crippen molar-refractivity contribution in [3.63, 3.8) is 0 Å². The van der Waals surface area contributed by atoms with Gasteiger partial charge in [0.05, 0.1) is 5.56 Å². The molecule has 21 heavy (non-hydrogen) atoms. The van der Waals surface area contributed by atoms with Crippen LogP contribution in [0.2, 0.25) is 0 Å². The summed E-state index contributed by atoms with van der Waals surface area (Å²) in [7, 11) is 4.11. The van der Waals surface area contributed by atoms with Gasteiger partial charge < -0.3 is 9.80 Å². The monoisotopic (exact) mass is 294 g/mol. The van der Waals surface area contributed by atoms with Gasteiger partial charge in [-0.25, -0.2) is 4.39 Å². The summed E-state index contributed by atoms with van der Waals surface area (Å²) in [5.74, 6) is -0.731. The maximum atomic E-state index is 13.7. The van der Waals surface area contributed by atoms with Crippen molar-refractivity contribution in [1.82, 2.24) is 9.80 Å². The first-order chi connectivity index (χ1) is 9.95. The molecule has 0 aliphatic rings. The fourth-order valence-corrected chi connectivity index (χ4v) is 2.39. The Morgan fingerprint density at radius 1 is 1.24 bits per heavy atom. The molecule has 0 radical (unpaired) electrons. The van der Waals surface area contributed by atoms with Crippen LogP contribution in [0.25, 0.3) is 0 Å². The summed E-state index contributed by atoms with van der Waals surface area (Å²) >= 11 is 0. The fourth-order valence-electron chi connectivity index (χ4n) is 2.39. The van der Waals surface area contributed by atoms with Gasteiger partial charge in [-0.05, 0) is 52.3 Å². The van der Waals surface area contributed by atoms with Crippen LogP contribution < -0.4 is 0 Å². The number of ketones is 1. The van der Waals surface area contributed by atoms with Crippen LogP contribution in [0.3, 0.4) is 0 Å². The molecule has 0 bridgehead atoms. The molecular formula is C17H27FN2O. The van der Waals surface area contributed by atoms with Gasteiger partial charge in [0.2, 0.25) is 0 Å². The molecule has 0 aliphatic carbocycles. The molecule has 0 aromatic heterocycles. The van der Waals surface area contributed by atoms with E-state index in [1.807, 2.05) is 6.92 Å². The summed E-state index contributed by atoms with van der Waals surface area (Å²) in [6.07, 6.45) is 1.07. The largest absolute Gasteiger partial charge is 0.309 e. The van der Waals surface area contributed by atoms with E-state index in [-0.39, 0.29) is 17.3 Å². The van der Waals surface area contributed by atoms with E-state index in [1.54, 1.807) is 18.2 Å². The summed E-state index contributed by atoms with van der Waals surface area (Å²) in [6.45, 7) is 7.55. The Labute approximate surface area is 127 Å². The molecule has 0 aliphatic heterocycles. The Balaban J connectivity index is 2.55. The van der Waals surface area contributed by atoms with Gasteiger partial charge in [0.1, 0.15) is 5.82 Å². The third kappa shape index (κ3) is 5.94. The third-order valence-electron chi connectivity index (χ3n) is 3.65. The first-order valence-electron chi connectivity index (χ1n) is 7.61. The van der Waals surface area contributed by atoms with Crippen LogP contribution in [0.4, 0.5) is 4.39 Å². The van der Waals surface area contributed by atoms with Crippen molar-refractivity contribution in [2.75, 3.05) is 40.3 Å². The van der Waals surface area contributed by atoms with Crippen molar-refractivity contribution < 1.29 is 9.18 Å². The Morgan fingerprint density at radius 3 is 2.48 bits per heavy atom. The van der Waals surface area contributed by atoms with Gasteiger partial charge in [-0.3, -0.25) is 4.79 Å². The highest BCUT2D eigenvalue weighted by atomic mass is 19.1. The van der Waals surface area contributed by atoms with Crippen molar-refractivity contribution >= 4 is 5.78 Å². The van der Waals surface area contributed by atoms with E-state index >= 15 is 0 Å². The second-order valence-corrected chi connectivity index (χ2v) is 5.80. The number of benzene rings is 1. The Kier molecular flexibility index (Phi) is 7.54. The molecule has 1 aromatic carbocycles. The van der Waals surface area contributed by atoms with E-state index < -0.39 is 5.82 Å². The summed E-state index contributed by atoms with van der Waals surface area (Å²) in [4.78, 5) is 16.7. The number of halogens is 1. The zero-order valence-electron chi connectivity index (χ0n) is 13.6. The molecule has 4 heteroatoms. The van der Waals surface area contributed by atoms with E-state index in [1.165, 1.54) is 6.07 Å². The molecule has 1 rings (SSSR count). The van der Waals surface area contributed by atoms with Gasteiger partial charge in [-0.15, -0.1) is 0 Å². The highest BCUT2D eigenvalue weighted by molar-refractivity contribution is 5.98. The van der Waals surface area contributed by atoms with Crippen molar-refractivity contribution in [3.8, 4) is 0 Å². The molecular weight excluding hydrogens is 267 g/mol. The molecule has 0 saturated heterocycles. The van der Waals surface area contributed by atoms with Crippen LogP contribution in [-0.4, -0.2) is 55.9 Å². The van der Waals surface area contributed by atoms with Gasteiger partial charge >= 0.3 is 0 Å². The second kappa shape index (κ2) is 8.90. The Morgan fingerprint density at radius 2 is 1.90 bits per heavy atom. The zero-order valence-corrected chi connectivity index (χ0v) is 13.6. The van der Waals surface area contributed by atoms with E-state index in [4.69, 9.17) is 0 Å². The fraction of sp³-hybridized carbons (Fsp3) is 0.588. The highest BCUT2D eigenvalue weighted by Gasteiger charge is 2.20. The van der Waals surface area contributed by atoms with Gasteiger partial charge in [0.15, 0.2) is 5.78 Å². The predicted molar refractivity (Wildman–Crippen MR) is 85.2 cm³/mol. The lowest BCUT2D eigenvalue weighted by molar-refractivity contribution is 0.0890. The number of carbonyl (C=O) groups is 1. The first kappa shape index (κ1) is 17.8. The number of rotatable bonds is 9. The number of hydrogen-bond donors (Lipinski definition) is 0. The topological polar surface area (TPSA) is 23.6 Å². The van der Waals surface area contributed by atoms with E-state index in [0.29, 0.717) is 6.54 Å². The van der Waals surface area contributed by atoms with Crippen molar-refractivity contribution in [2.45, 2.75) is 20.3 Å². The van der Waals surface area contributed by atoms with Crippen molar-refractivity contribution in [3.05, 3.63) is 35.6 Å². The maximum Gasteiger partial charge on any atom is 0.169 e. The summed E-state index contributed by atoms with van der Waals surface area (Å²) in [5.41, 5.74) is 0.203. The van der Waals surface area contributed by atoms with Gasteiger partial charge in [-0.1, -0.05) is 26.0 Å². The zero-order chi connectivity index (χ0) is 15.8. The molecule has 0 spiro atoms. The Bertz CT molecular complexity index is 448. The smallest absolute Gasteiger partial charge is 0.169 e. The van der Waals surface area contributed by atoms with Crippen molar-refractivity contribution in [1.29, 1.82) is 0 Å². The second-order valence-electron chi connectivity index (χ2n) is 5.80. The van der Waals surface area contributed by atoms with Gasteiger partial charge in [0.25, 0.3) is 0 Å². The lowest BCUT2D eigenvalue weighted by Gasteiger charge is -2.24. The minimum atomic E-state index is -0.426. The molecule has 118 valence electrons. The average molecular weight is 294 g/mol. The first-order valence-corrected chi connectivity index (χ1v) is 7.61. The number of Topliss-reactive ketones (excluding diaryl/α,β-unsaturated/α-hetero) is 1. The molecule has 1 atom stereocenters. The van der Waals surface area contributed by atoms with E-state index in [2.05, 4.69) is 30.8 Å². The molecule has 1 aromatic rings. The average Bonchev–Trinajstić information content (AvgIpc) is 2.45. The Hall–Kier alpha value is -1.26.